The molecule has 2 heterocycles. The number of nitrogen functional groups attached to an aromatic ring is 1. The highest BCUT2D eigenvalue weighted by molar-refractivity contribution is 7.15. The first-order chi connectivity index (χ1) is 7.16. The van der Waals surface area contributed by atoms with Crippen LogP contribution in [0.5, 0.6) is 0 Å². The van der Waals surface area contributed by atoms with Crippen LogP contribution in [0.1, 0.15) is 39.0 Å². The van der Waals surface area contributed by atoms with Crippen molar-refractivity contribution < 1.29 is 9.84 Å². The molecule has 1 aliphatic rings. The minimum atomic E-state index is -1.01. The van der Waals surface area contributed by atoms with Gasteiger partial charge in [0, 0.05) is 12.6 Å². The van der Waals surface area contributed by atoms with E-state index in [4.69, 9.17) is 10.5 Å². The second-order valence-corrected chi connectivity index (χ2v) is 6.53. The molecule has 1 aliphatic heterocycles. The van der Waals surface area contributed by atoms with Crippen LogP contribution in [0.25, 0.3) is 0 Å². The molecular formula is C11H18N2O2S. The summed E-state index contributed by atoms with van der Waals surface area (Å²) >= 11 is 1.32. The van der Waals surface area contributed by atoms with E-state index in [2.05, 4.69) is 4.98 Å². The van der Waals surface area contributed by atoms with Crippen LogP contribution in [-0.4, -0.2) is 21.3 Å². The smallest absolute Gasteiger partial charge is 0.180 e. The molecule has 90 valence electrons. The van der Waals surface area contributed by atoms with Crippen molar-refractivity contribution in [2.75, 3.05) is 5.73 Å². The minimum Gasteiger partial charge on any atom is -0.381 e. The number of hydrogen-bond donors (Lipinski definition) is 2. The number of anilines is 1. The Bertz CT molecular complexity index is 414. The summed E-state index contributed by atoms with van der Waals surface area (Å²) in [5, 5.41) is 11.3. The highest BCUT2D eigenvalue weighted by Gasteiger charge is 2.58. The monoisotopic (exact) mass is 242 g/mol. The number of nitrogens with zero attached hydrogens (tertiary/aromatic N) is 1. The maximum Gasteiger partial charge on any atom is 0.180 e. The van der Waals surface area contributed by atoms with Gasteiger partial charge < -0.3 is 15.6 Å². The molecule has 1 fully saturated rings. The van der Waals surface area contributed by atoms with E-state index in [0.29, 0.717) is 11.6 Å². The predicted octanol–water partition coefficient (Wildman–Crippen LogP) is 1.89. The lowest BCUT2D eigenvalue weighted by Gasteiger charge is -2.33. The zero-order chi connectivity index (χ0) is 12.2. The first kappa shape index (κ1) is 11.8. The van der Waals surface area contributed by atoms with Crippen molar-refractivity contribution >= 4 is 16.5 Å². The first-order valence-electron chi connectivity index (χ1n) is 5.31. The van der Waals surface area contributed by atoms with E-state index in [0.717, 1.165) is 4.88 Å². The summed E-state index contributed by atoms with van der Waals surface area (Å²) in [6.07, 6.45) is 2.20. The fourth-order valence-electron chi connectivity index (χ4n) is 2.50. The van der Waals surface area contributed by atoms with Gasteiger partial charge in [-0.1, -0.05) is 11.3 Å². The molecule has 0 radical (unpaired) electrons. The third-order valence-electron chi connectivity index (χ3n) is 3.14. The maximum atomic E-state index is 10.8. The van der Waals surface area contributed by atoms with Crippen LogP contribution >= 0.6 is 11.3 Å². The Balaban J connectivity index is 2.45. The summed E-state index contributed by atoms with van der Waals surface area (Å²) in [5.41, 5.74) is 3.64. The Kier molecular flexibility index (Phi) is 2.35. The normalized spacial score (nSPS) is 31.8. The van der Waals surface area contributed by atoms with E-state index < -0.39 is 11.2 Å². The summed E-state index contributed by atoms with van der Waals surface area (Å²) < 4.78 is 5.90. The SMILES string of the molecule is CC1(C)CC(O)(c2cnc(N)s2)C(C)(C)O1. The highest BCUT2D eigenvalue weighted by Crippen LogP contribution is 2.52. The van der Waals surface area contributed by atoms with Crippen molar-refractivity contribution in [3.63, 3.8) is 0 Å². The second kappa shape index (κ2) is 3.18. The van der Waals surface area contributed by atoms with Crippen LogP contribution in [0.3, 0.4) is 0 Å². The fourth-order valence-corrected chi connectivity index (χ4v) is 3.43. The molecule has 4 nitrogen and oxygen atoms in total. The lowest BCUT2D eigenvalue weighted by molar-refractivity contribution is -0.128. The topological polar surface area (TPSA) is 68.4 Å². The number of rotatable bonds is 1. The third kappa shape index (κ3) is 1.63. The Morgan fingerprint density at radius 1 is 1.44 bits per heavy atom. The molecular weight excluding hydrogens is 224 g/mol. The van der Waals surface area contributed by atoms with Crippen molar-refractivity contribution in [2.24, 2.45) is 0 Å². The van der Waals surface area contributed by atoms with Gasteiger partial charge in [0.1, 0.15) is 5.60 Å². The van der Waals surface area contributed by atoms with Crippen molar-refractivity contribution in [3.8, 4) is 0 Å². The Hall–Kier alpha value is -0.650. The molecule has 1 saturated heterocycles. The van der Waals surface area contributed by atoms with Gasteiger partial charge in [-0.25, -0.2) is 4.98 Å². The molecule has 1 aromatic heterocycles. The van der Waals surface area contributed by atoms with Gasteiger partial charge in [-0.05, 0) is 27.7 Å². The summed E-state index contributed by atoms with van der Waals surface area (Å²) in [7, 11) is 0. The molecule has 1 aromatic rings. The van der Waals surface area contributed by atoms with Gasteiger partial charge in [-0.15, -0.1) is 0 Å². The van der Waals surface area contributed by atoms with Gasteiger partial charge in [-0.2, -0.15) is 0 Å². The lowest BCUT2D eigenvalue weighted by atomic mass is 9.81. The average Bonchev–Trinajstić information content (AvgIpc) is 2.53. The minimum absolute atomic E-state index is 0.336. The summed E-state index contributed by atoms with van der Waals surface area (Å²) in [6, 6.07) is 0. The van der Waals surface area contributed by atoms with E-state index >= 15 is 0 Å². The largest absolute Gasteiger partial charge is 0.381 e. The molecule has 0 spiro atoms. The van der Waals surface area contributed by atoms with Crippen LogP contribution in [0.4, 0.5) is 5.13 Å². The molecule has 0 aromatic carbocycles. The lowest BCUT2D eigenvalue weighted by Crippen LogP contribution is -2.42. The molecule has 0 saturated carbocycles. The predicted molar refractivity (Wildman–Crippen MR) is 64.3 cm³/mol. The number of aliphatic hydroxyl groups is 1. The summed E-state index contributed by atoms with van der Waals surface area (Å²) in [4.78, 5) is 4.78. The van der Waals surface area contributed by atoms with Crippen molar-refractivity contribution in [1.82, 2.24) is 4.98 Å². The van der Waals surface area contributed by atoms with E-state index in [-0.39, 0.29) is 5.60 Å². The van der Waals surface area contributed by atoms with E-state index in [1.54, 1.807) is 6.20 Å². The quantitative estimate of drug-likeness (QED) is 0.789. The van der Waals surface area contributed by atoms with E-state index in [9.17, 15) is 5.11 Å². The maximum absolute atomic E-state index is 10.8. The van der Waals surface area contributed by atoms with Gasteiger partial charge in [0.25, 0.3) is 0 Å². The molecule has 2 rings (SSSR count). The van der Waals surface area contributed by atoms with Gasteiger partial charge in [0.15, 0.2) is 5.13 Å². The zero-order valence-corrected chi connectivity index (χ0v) is 10.9. The highest BCUT2D eigenvalue weighted by atomic mass is 32.1. The van der Waals surface area contributed by atoms with Crippen molar-refractivity contribution in [2.45, 2.75) is 50.9 Å². The van der Waals surface area contributed by atoms with Crippen LogP contribution in [-0.2, 0) is 10.3 Å². The number of hydrogen-bond acceptors (Lipinski definition) is 5. The number of nitrogens with two attached hydrogens (primary N) is 1. The standard InChI is InChI=1S/C11H18N2O2S/c1-9(2)6-11(14,10(3,4)15-9)7-5-13-8(12)16-7/h5,14H,6H2,1-4H3,(H2,12,13). The summed E-state index contributed by atoms with van der Waals surface area (Å²) in [6.45, 7) is 7.77. The molecule has 3 N–H and O–H groups in total. The number of thiazole rings is 1. The molecule has 0 amide bonds. The average molecular weight is 242 g/mol. The fraction of sp³-hybridized carbons (Fsp3) is 0.727. The Morgan fingerprint density at radius 2 is 2.06 bits per heavy atom. The molecule has 16 heavy (non-hydrogen) atoms. The first-order valence-corrected chi connectivity index (χ1v) is 6.12. The van der Waals surface area contributed by atoms with Gasteiger partial charge >= 0.3 is 0 Å². The number of ether oxygens (including phenoxy) is 1. The molecule has 0 bridgehead atoms. The second-order valence-electron chi connectivity index (χ2n) is 5.47. The van der Waals surface area contributed by atoms with E-state index in [1.807, 2.05) is 27.7 Å². The zero-order valence-electron chi connectivity index (χ0n) is 10.1. The third-order valence-corrected chi connectivity index (χ3v) is 4.12. The Labute approximate surface area is 99.5 Å². The number of aromatic nitrogens is 1. The van der Waals surface area contributed by atoms with Crippen molar-refractivity contribution in [3.05, 3.63) is 11.1 Å². The summed E-state index contributed by atoms with van der Waals surface area (Å²) in [5.74, 6) is 0. The van der Waals surface area contributed by atoms with Crippen LogP contribution < -0.4 is 5.73 Å². The van der Waals surface area contributed by atoms with E-state index in [1.165, 1.54) is 11.3 Å². The van der Waals surface area contributed by atoms with Crippen LogP contribution in [0.2, 0.25) is 0 Å². The molecule has 5 heteroatoms. The van der Waals surface area contributed by atoms with Gasteiger partial charge in [0.2, 0.25) is 0 Å². The van der Waals surface area contributed by atoms with Crippen LogP contribution in [0.15, 0.2) is 6.20 Å². The molecule has 1 atom stereocenters. The molecule has 0 aliphatic carbocycles. The van der Waals surface area contributed by atoms with Gasteiger partial charge in [0.05, 0.1) is 16.1 Å². The van der Waals surface area contributed by atoms with Crippen molar-refractivity contribution in [1.29, 1.82) is 0 Å². The Morgan fingerprint density at radius 3 is 2.44 bits per heavy atom. The van der Waals surface area contributed by atoms with Gasteiger partial charge in [-0.3, -0.25) is 0 Å². The molecule has 1 unspecified atom stereocenters. The van der Waals surface area contributed by atoms with Crippen LogP contribution in [0, 0.1) is 0 Å².